The van der Waals surface area contributed by atoms with Gasteiger partial charge in [-0.05, 0) is 31.0 Å². The number of nitrogens with one attached hydrogen (secondary N) is 2. The lowest BCUT2D eigenvalue weighted by atomic mass is 9.94. The van der Waals surface area contributed by atoms with Crippen LogP contribution in [0.1, 0.15) is 37.0 Å². The predicted molar refractivity (Wildman–Crippen MR) is 101 cm³/mol. The van der Waals surface area contributed by atoms with Gasteiger partial charge in [-0.3, -0.25) is 4.79 Å². The van der Waals surface area contributed by atoms with Gasteiger partial charge in [-0.25, -0.2) is 13.1 Å². The van der Waals surface area contributed by atoms with Crippen LogP contribution in [0.25, 0.3) is 0 Å². The summed E-state index contributed by atoms with van der Waals surface area (Å²) >= 11 is 0. The summed E-state index contributed by atoms with van der Waals surface area (Å²) in [6.45, 7) is 4.70. The van der Waals surface area contributed by atoms with Gasteiger partial charge in [-0.15, -0.1) is 12.4 Å². The Hall–Kier alpha value is -1.19. The first-order valence-electron chi connectivity index (χ1n) is 7.93. The maximum Gasteiger partial charge on any atom is 0.251 e. The molecule has 7 nitrogen and oxygen atoms in total. The van der Waals surface area contributed by atoms with Crippen molar-refractivity contribution in [3.63, 3.8) is 0 Å². The SMILES string of the molecule is CCC(N)(CC)CNC(=O)c1cccc(S(=O)(=O)NCCOC)c1.Cl. The average Bonchev–Trinajstić information content (AvgIpc) is 2.59. The molecule has 0 heterocycles. The number of rotatable bonds is 10. The van der Waals surface area contributed by atoms with Gasteiger partial charge in [0, 0.05) is 31.3 Å². The molecule has 1 aromatic carbocycles. The van der Waals surface area contributed by atoms with E-state index in [9.17, 15) is 13.2 Å². The van der Waals surface area contributed by atoms with Crippen LogP contribution in [0.2, 0.25) is 0 Å². The Labute approximate surface area is 156 Å². The molecule has 0 bridgehead atoms. The molecule has 0 saturated carbocycles. The molecular weight excluding hydrogens is 366 g/mol. The Morgan fingerprint density at radius 2 is 1.92 bits per heavy atom. The molecule has 25 heavy (non-hydrogen) atoms. The van der Waals surface area contributed by atoms with Gasteiger partial charge in [0.05, 0.1) is 11.5 Å². The first kappa shape index (κ1) is 23.8. The maximum atomic E-state index is 12.3. The highest BCUT2D eigenvalue weighted by atomic mass is 35.5. The second-order valence-electron chi connectivity index (χ2n) is 5.67. The number of sulfonamides is 1. The lowest BCUT2D eigenvalue weighted by Crippen LogP contribution is -2.49. The zero-order valence-electron chi connectivity index (χ0n) is 14.9. The van der Waals surface area contributed by atoms with Gasteiger partial charge in [-0.2, -0.15) is 0 Å². The minimum atomic E-state index is -3.68. The van der Waals surface area contributed by atoms with Gasteiger partial charge in [0.1, 0.15) is 0 Å². The van der Waals surface area contributed by atoms with Crippen LogP contribution in [0.5, 0.6) is 0 Å². The van der Waals surface area contributed by atoms with E-state index < -0.39 is 15.6 Å². The lowest BCUT2D eigenvalue weighted by molar-refractivity contribution is 0.0942. The molecule has 144 valence electrons. The number of methoxy groups -OCH3 is 1. The molecule has 0 aliphatic carbocycles. The minimum Gasteiger partial charge on any atom is -0.383 e. The van der Waals surface area contributed by atoms with Crippen LogP contribution in [0.15, 0.2) is 29.2 Å². The molecule has 1 aromatic rings. The summed E-state index contributed by atoms with van der Waals surface area (Å²) in [6, 6.07) is 5.90. The molecule has 0 aliphatic rings. The van der Waals surface area contributed by atoms with Crippen LogP contribution in [0, 0.1) is 0 Å². The number of hydrogen-bond acceptors (Lipinski definition) is 5. The van der Waals surface area contributed by atoms with Crippen molar-refractivity contribution in [3.05, 3.63) is 29.8 Å². The Kier molecular flexibility index (Phi) is 10.2. The van der Waals surface area contributed by atoms with Crippen molar-refractivity contribution in [2.75, 3.05) is 26.8 Å². The normalized spacial score (nSPS) is 11.7. The van der Waals surface area contributed by atoms with E-state index in [1.165, 1.54) is 25.3 Å². The second-order valence-corrected chi connectivity index (χ2v) is 7.44. The molecule has 0 atom stereocenters. The molecule has 0 fully saturated rings. The molecule has 0 aliphatic heterocycles. The van der Waals surface area contributed by atoms with E-state index in [1.807, 2.05) is 13.8 Å². The zero-order chi connectivity index (χ0) is 18.2. The van der Waals surface area contributed by atoms with Gasteiger partial charge in [0.15, 0.2) is 0 Å². The number of carbonyl (C=O) groups is 1. The van der Waals surface area contributed by atoms with E-state index in [0.717, 1.165) is 12.8 Å². The molecule has 0 saturated heterocycles. The first-order chi connectivity index (χ1) is 11.3. The van der Waals surface area contributed by atoms with Crippen molar-refractivity contribution in [1.29, 1.82) is 0 Å². The number of carbonyl (C=O) groups excluding carboxylic acids is 1. The summed E-state index contributed by atoms with van der Waals surface area (Å²) in [5.41, 5.74) is 5.98. The third kappa shape index (κ3) is 7.29. The van der Waals surface area contributed by atoms with Crippen molar-refractivity contribution >= 4 is 28.3 Å². The lowest BCUT2D eigenvalue weighted by Gasteiger charge is -2.26. The summed E-state index contributed by atoms with van der Waals surface area (Å²) in [5, 5.41) is 2.77. The molecule has 0 spiro atoms. The van der Waals surface area contributed by atoms with Gasteiger partial charge in [0.25, 0.3) is 5.91 Å². The van der Waals surface area contributed by atoms with Crippen LogP contribution in [-0.2, 0) is 14.8 Å². The van der Waals surface area contributed by atoms with E-state index in [2.05, 4.69) is 10.0 Å². The first-order valence-corrected chi connectivity index (χ1v) is 9.42. The second kappa shape index (κ2) is 10.7. The van der Waals surface area contributed by atoms with Crippen LogP contribution in [0.4, 0.5) is 0 Å². The van der Waals surface area contributed by atoms with Crippen LogP contribution < -0.4 is 15.8 Å². The van der Waals surface area contributed by atoms with Crippen LogP contribution >= 0.6 is 12.4 Å². The highest BCUT2D eigenvalue weighted by Crippen LogP contribution is 2.13. The van der Waals surface area contributed by atoms with Crippen molar-refractivity contribution in [2.24, 2.45) is 5.73 Å². The van der Waals surface area contributed by atoms with E-state index in [-0.39, 0.29) is 41.9 Å². The largest absolute Gasteiger partial charge is 0.383 e. The number of halogens is 1. The molecule has 0 aromatic heterocycles. The Morgan fingerprint density at radius 1 is 1.28 bits per heavy atom. The highest BCUT2D eigenvalue weighted by Gasteiger charge is 2.22. The summed E-state index contributed by atoms with van der Waals surface area (Å²) in [4.78, 5) is 12.3. The topological polar surface area (TPSA) is 111 Å². The monoisotopic (exact) mass is 393 g/mol. The quantitative estimate of drug-likeness (QED) is 0.518. The summed E-state index contributed by atoms with van der Waals surface area (Å²) in [6.07, 6.45) is 1.48. The summed E-state index contributed by atoms with van der Waals surface area (Å²) in [5.74, 6) is -0.347. The smallest absolute Gasteiger partial charge is 0.251 e. The molecule has 0 radical (unpaired) electrons. The zero-order valence-corrected chi connectivity index (χ0v) is 16.5. The minimum absolute atomic E-state index is 0. The van der Waals surface area contributed by atoms with E-state index >= 15 is 0 Å². The molecule has 9 heteroatoms. The van der Waals surface area contributed by atoms with Crippen molar-refractivity contribution in [1.82, 2.24) is 10.0 Å². The standard InChI is InChI=1S/C16H27N3O4S.ClH/c1-4-16(17,5-2)12-18-15(20)13-7-6-8-14(11-13)24(21,22)19-9-10-23-3;/h6-8,11,19H,4-5,9-10,12,17H2,1-3H3,(H,18,20);1H. The van der Waals surface area contributed by atoms with Gasteiger partial charge >= 0.3 is 0 Å². The van der Waals surface area contributed by atoms with Crippen molar-refractivity contribution in [2.45, 2.75) is 37.1 Å². The molecule has 1 amide bonds. The van der Waals surface area contributed by atoms with E-state index in [4.69, 9.17) is 10.5 Å². The fourth-order valence-electron chi connectivity index (χ4n) is 2.02. The Balaban J connectivity index is 0.00000576. The van der Waals surface area contributed by atoms with E-state index in [0.29, 0.717) is 6.54 Å². The van der Waals surface area contributed by atoms with Crippen molar-refractivity contribution in [3.8, 4) is 0 Å². The van der Waals surface area contributed by atoms with E-state index in [1.54, 1.807) is 6.07 Å². The number of amides is 1. The van der Waals surface area contributed by atoms with Gasteiger partial charge < -0.3 is 15.8 Å². The number of hydrogen-bond donors (Lipinski definition) is 3. The van der Waals surface area contributed by atoms with Crippen molar-refractivity contribution < 1.29 is 17.9 Å². The molecule has 4 N–H and O–H groups in total. The number of nitrogens with two attached hydrogens (primary N) is 1. The van der Waals surface area contributed by atoms with Gasteiger partial charge in [0.2, 0.25) is 10.0 Å². The molecule has 1 rings (SSSR count). The highest BCUT2D eigenvalue weighted by molar-refractivity contribution is 7.89. The average molecular weight is 394 g/mol. The molecular formula is C16H28ClN3O4S. The van der Waals surface area contributed by atoms with Crippen LogP contribution in [0.3, 0.4) is 0 Å². The fraction of sp³-hybridized carbons (Fsp3) is 0.562. The third-order valence-corrected chi connectivity index (χ3v) is 5.47. The van der Waals surface area contributed by atoms with Crippen LogP contribution in [-0.4, -0.2) is 46.7 Å². The Bertz CT molecular complexity index is 649. The third-order valence-electron chi connectivity index (χ3n) is 4.01. The Morgan fingerprint density at radius 3 is 2.48 bits per heavy atom. The predicted octanol–water partition coefficient (Wildman–Crippen LogP) is 1.28. The maximum absolute atomic E-state index is 12.3. The number of ether oxygens (including phenoxy) is 1. The molecule has 0 unspecified atom stereocenters. The number of benzene rings is 1. The van der Waals surface area contributed by atoms with Gasteiger partial charge in [-0.1, -0.05) is 19.9 Å². The summed E-state index contributed by atoms with van der Waals surface area (Å²) in [7, 11) is -2.19. The fourth-order valence-corrected chi connectivity index (χ4v) is 3.08. The summed E-state index contributed by atoms with van der Waals surface area (Å²) < 4.78 is 31.6.